The number of nitrogens with one attached hydrogen (secondary N) is 1. The standard InChI is InChI=1S/C24H22N8O4/c1-15-12-20(30-36-15)22-27-26-21-18-4-2-3-5-19(18)24(29-32(21)22)35-14-17-7-6-16(13-25-17)23(33)28-31-8-10-34-11-9-31/h2-7,12-13H,8-11,14H2,1H3,(H,28,33). The Balaban J connectivity index is 1.24. The molecule has 0 bridgehead atoms. The molecule has 1 amide bonds. The first-order chi connectivity index (χ1) is 17.7. The molecule has 5 heterocycles. The monoisotopic (exact) mass is 486 g/mol. The van der Waals surface area contributed by atoms with Crippen molar-refractivity contribution in [3.05, 3.63) is 65.7 Å². The van der Waals surface area contributed by atoms with Gasteiger partial charge in [-0.25, -0.2) is 5.01 Å². The molecular weight excluding hydrogens is 464 g/mol. The van der Waals surface area contributed by atoms with Crippen LogP contribution in [0.25, 0.3) is 27.9 Å². The number of ether oxygens (including phenoxy) is 2. The van der Waals surface area contributed by atoms with Crippen molar-refractivity contribution in [2.45, 2.75) is 13.5 Å². The number of nitrogens with zero attached hydrogens (tertiary/aromatic N) is 7. The third-order valence-corrected chi connectivity index (χ3v) is 5.80. The Kier molecular flexibility index (Phi) is 5.71. The van der Waals surface area contributed by atoms with Gasteiger partial charge in [0.15, 0.2) is 11.3 Å². The van der Waals surface area contributed by atoms with Crippen LogP contribution in [0.3, 0.4) is 0 Å². The van der Waals surface area contributed by atoms with Crippen LogP contribution in [0.2, 0.25) is 0 Å². The minimum absolute atomic E-state index is 0.161. The van der Waals surface area contributed by atoms with Crippen molar-refractivity contribution >= 4 is 22.3 Å². The zero-order valence-corrected chi connectivity index (χ0v) is 19.4. The molecule has 1 aliphatic rings. The molecule has 5 aromatic rings. The van der Waals surface area contributed by atoms with Gasteiger partial charge in [0, 0.05) is 36.1 Å². The van der Waals surface area contributed by atoms with E-state index in [1.165, 1.54) is 6.20 Å². The van der Waals surface area contributed by atoms with E-state index in [0.29, 0.717) is 66.4 Å². The molecule has 0 unspecified atom stereocenters. The number of carbonyl (C=O) groups is 1. The summed E-state index contributed by atoms with van der Waals surface area (Å²) in [5.41, 5.74) is 5.11. The van der Waals surface area contributed by atoms with Gasteiger partial charge in [-0.05, 0) is 25.1 Å². The number of carbonyl (C=O) groups excluding carboxylic acids is 1. The molecule has 0 saturated carbocycles. The van der Waals surface area contributed by atoms with Gasteiger partial charge in [0.05, 0.1) is 24.5 Å². The van der Waals surface area contributed by atoms with Gasteiger partial charge in [0.1, 0.15) is 12.4 Å². The van der Waals surface area contributed by atoms with Crippen LogP contribution in [-0.4, -0.2) is 67.2 Å². The maximum Gasteiger partial charge on any atom is 0.267 e. The van der Waals surface area contributed by atoms with Gasteiger partial charge in [-0.1, -0.05) is 23.4 Å². The summed E-state index contributed by atoms with van der Waals surface area (Å²) in [4.78, 5) is 16.9. The maximum absolute atomic E-state index is 12.5. The van der Waals surface area contributed by atoms with E-state index in [1.807, 2.05) is 36.2 Å². The van der Waals surface area contributed by atoms with Gasteiger partial charge in [0.2, 0.25) is 11.7 Å². The summed E-state index contributed by atoms with van der Waals surface area (Å²) in [5, 5.41) is 20.7. The van der Waals surface area contributed by atoms with Crippen molar-refractivity contribution in [2.24, 2.45) is 0 Å². The number of hydrogen-bond donors (Lipinski definition) is 1. The number of morpholine rings is 1. The number of amides is 1. The molecule has 0 radical (unpaired) electrons. The average molecular weight is 486 g/mol. The van der Waals surface area contributed by atoms with E-state index in [1.54, 1.807) is 22.7 Å². The van der Waals surface area contributed by atoms with Gasteiger partial charge in [-0.3, -0.25) is 15.2 Å². The summed E-state index contributed by atoms with van der Waals surface area (Å²) in [6.45, 7) is 4.47. The first-order valence-corrected chi connectivity index (χ1v) is 11.4. The van der Waals surface area contributed by atoms with Crippen molar-refractivity contribution in [1.29, 1.82) is 0 Å². The number of hydrogen-bond acceptors (Lipinski definition) is 10. The van der Waals surface area contributed by atoms with Crippen LogP contribution in [-0.2, 0) is 11.3 Å². The lowest BCUT2D eigenvalue weighted by molar-refractivity contribution is 0.0126. The Labute approximate surface area is 204 Å². The molecule has 12 heteroatoms. The number of benzene rings is 1. The predicted octanol–water partition coefficient (Wildman–Crippen LogP) is 2.19. The third kappa shape index (κ3) is 4.23. The quantitative estimate of drug-likeness (QED) is 0.381. The van der Waals surface area contributed by atoms with Gasteiger partial charge < -0.3 is 14.0 Å². The molecular formula is C24H22N8O4. The lowest BCUT2D eigenvalue weighted by Crippen LogP contribution is -2.48. The number of aryl methyl sites for hydroxylation is 1. The van der Waals surface area contributed by atoms with Crippen LogP contribution in [0, 0.1) is 6.92 Å². The molecule has 1 N–H and O–H groups in total. The highest BCUT2D eigenvalue weighted by molar-refractivity contribution is 5.97. The third-order valence-electron chi connectivity index (χ3n) is 5.80. The van der Waals surface area contributed by atoms with Crippen LogP contribution >= 0.6 is 0 Å². The highest BCUT2D eigenvalue weighted by Crippen LogP contribution is 2.29. The normalized spacial score (nSPS) is 14.4. The SMILES string of the molecule is Cc1cc(-c2nnc3c4ccccc4c(OCc4ccc(C(=O)NN5CCOCC5)cn4)nn23)no1. The van der Waals surface area contributed by atoms with E-state index in [-0.39, 0.29) is 12.5 Å². The number of aromatic nitrogens is 6. The summed E-state index contributed by atoms with van der Waals surface area (Å²) in [6.07, 6.45) is 1.54. The fraction of sp³-hybridized carbons (Fsp3) is 0.250. The lowest BCUT2D eigenvalue weighted by Gasteiger charge is -2.26. The Hall–Kier alpha value is -4.42. The van der Waals surface area contributed by atoms with Crippen LogP contribution < -0.4 is 10.2 Å². The fourth-order valence-electron chi connectivity index (χ4n) is 3.96. The van der Waals surface area contributed by atoms with Crippen LogP contribution in [0.4, 0.5) is 0 Å². The predicted molar refractivity (Wildman–Crippen MR) is 127 cm³/mol. The van der Waals surface area contributed by atoms with E-state index in [4.69, 9.17) is 14.0 Å². The molecule has 1 aromatic carbocycles. The summed E-state index contributed by atoms with van der Waals surface area (Å²) >= 11 is 0. The molecule has 1 fully saturated rings. The molecule has 1 saturated heterocycles. The molecule has 1 aliphatic heterocycles. The Bertz CT molecular complexity index is 1540. The van der Waals surface area contributed by atoms with E-state index in [2.05, 4.69) is 30.9 Å². The van der Waals surface area contributed by atoms with Crippen molar-refractivity contribution in [1.82, 2.24) is 40.4 Å². The number of rotatable bonds is 6. The van der Waals surface area contributed by atoms with Crippen LogP contribution in [0.1, 0.15) is 21.8 Å². The van der Waals surface area contributed by atoms with Crippen LogP contribution in [0.5, 0.6) is 5.88 Å². The highest BCUT2D eigenvalue weighted by Gasteiger charge is 2.19. The maximum atomic E-state index is 12.5. The van der Waals surface area contributed by atoms with Crippen molar-refractivity contribution < 1.29 is 18.8 Å². The molecule has 36 heavy (non-hydrogen) atoms. The minimum Gasteiger partial charge on any atom is -0.470 e. The Morgan fingerprint density at radius 3 is 2.69 bits per heavy atom. The van der Waals surface area contributed by atoms with Crippen LogP contribution in [0.15, 0.2) is 53.2 Å². The summed E-state index contributed by atoms with van der Waals surface area (Å²) < 4.78 is 18.2. The van der Waals surface area contributed by atoms with Gasteiger partial charge in [-0.2, -0.15) is 4.52 Å². The van der Waals surface area contributed by atoms with Gasteiger partial charge in [-0.15, -0.1) is 15.3 Å². The Morgan fingerprint density at radius 1 is 1.11 bits per heavy atom. The van der Waals surface area contributed by atoms with E-state index in [9.17, 15) is 4.79 Å². The topological polar surface area (TPSA) is 133 Å². The first kappa shape index (κ1) is 22.1. The number of fused-ring (bicyclic) bond motifs is 3. The number of pyridine rings is 1. The van der Waals surface area contributed by atoms with E-state index < -0.39 is 0 Å². The van der Waals surface area contributed by atoms with Gasteiger partial charge in [0.25, 0.3) is 5.91 Å². The second kappa shape index (κ2) is 9.32. The minimum atomic E-state index is -0.210. The molecule has 0 atom stereocenters. The second-order valence-corrected chi connectivity index (χ2v) is 8.30. The summed E-state index contributed by atoms with van der Waals surface area (Å²) in [7, 11) is 0. The zero-order chi connectivity index (χ0) is 24.5. The average Bonchev–Trinajstić information content (AvgIpc) is 3.54. The van der Waals surface area contributed by atoms with E-state index in [0.717, 1.165) is 10.8 Å². The van der Waals surface area contributed by atoms with Crippen molar-refractivity contribution in [2.75, 3.05) is 26.3 Å². The Morgan fingerprint density at radius 2 is 1.94 bits per heavy atom. The highest BCUT2D eigenvalue weighted by atomic mass is 16.5. The number of hydrazine groups is 1. The summed E-state index contributed by atoms with van der Waals surface area (Å²) in [5.74, 6) is 1.30. The fourth-order valence-corrected chi connectivity index (χ4v) is 3.96. The molecule has 4 aromatic heterocycles. The molecule has 0 aliphatic carbocycles. The van der Waals surface area contributed by atoms with Gasteiger partial charge >= 0.3 is 0 Å². The van der Waals surface area contributed by atoms with E-state index >= 15 is 0 Å². The molecule has 0 spiro atoms. The zero-order valence-electron chi connectivity index (χ0n) is 19.4. The van der Waals surface area contributed by atoms with Crippen molar-refractivity contribution in [3.63, 3.8) is 0 Å². The first-order valence-electron chi connectivity index (χ1n) is 11.4. The largest absolute Gasteiger partial charge is 0.470 e. The lowest BCUT2D eigenvalue weighted by atomic mass is 10.2. The van der Waals surface area contributed by atoms with Crippen molar-refractivity contribution in [3.8, 4) is 17.4 Å². The molecule has 182 valence electrons. The molecule has 12 nitrogen and oxygen atoms in total. The smallest absolute Gasteiger partial charge is 0.267 e. The molecule has 6 rings (SSSR count). The second-order valence-electron chi connectivity index (χ2n) is 8.30. The summed E-state index contributed by atoms with van der Waals surface area (Å²) in [6, 6.07) is 12.9.